The van der Waals surface area contributed by atoms with Gasteiger partial charge in [-0.1, -0.05) is 26.0 Å². The van der Waals surface area contributed by atoms with Crippen LogP contribution in [0.2, 0.25) is 0 Å². The van der Waals surface area contributed by atoms with E-state index in [4.69, 9.17) is 20.9 Å². The molecule has 0 aromatic heterocycles. The zero-order valence-electron chi connectivity index (χ0n) is 8.77. The Morgan fingerprint density at radius 3 is 2.27 bits per heavy atom. The topological polar surface area (TPSA) is 30.5 Å². The Morgan fingerprint density at radius 2 is 1.80 bits per heavy atom. The molecule has 2 rings (SSSR count). The summed E-state index contributed by atoms with van der Waals surface area (Å²) in [7, 11) is 0. The van der Waals surface area contributed by atoms with Crippen molar-refractivity contribution in [2.24, 2.45) is 5.92 Å². The van der Waals surface area contributed by atoms with Crippen LogP contribution in [0.15, 0.2) is 24.3 Å². The van der Waals surface area contributed by atoms with Gasteiger partial charge in [-0.15, -0.1) is 0 Å². The maximum Gasteiger partial charge on any atom is 0.365 e. The van der Waals surface area contributed by atoms with Crippen molar-refractivity contribution >= 4 is 18.4 Å². The van der Waals surface area contributed by atoms with Gasteiger partial charge >= 0.3 is 6.64 Å². The molecular weight excluding hydrogens is 229 g/mol. The number of fused-ring (bicyclic) bond motifs is 1. The molecule has 1 aromatic carbocycles. The summed E-state index contributed by atoms with van der Waals surface area (Å²) < 4.78 is 11.3. The first-order valence-electron chi connectivity index (χ1n) is 4.92. The van der Waals surface area contributed by atoms with Crippen molar-refractivity contribution in [3.63, 3.8) is 0 Å². The van der Waals surface area contributed by atoms with Crippen molar-refractivity contribution in [2.75, 3.05) is 6.54 Å². The Morgan fingerprint density at radius 1 is 1.27 bits per heavy atom. The molecule has 1 heterocycles. The Kier molecular flexibility index (Phi) is 3.01. The van der Waals surface area contributed by atoms with Crippen LogP contribution in [0, 0.1) is 5.92 Å². The van der Waals surface area contributed by atoms with Gasteiger partial charge in [-0.3, -0.25) is 0 Å². The van der Waals surface area contributed by atoms with E-state index in [1.807, 2.05) is 24.3 Å². The summed E-state index contributed by atoms with van der Waals surface area (Å²) in [5.41, 5.74) is 0. The molecule has 0 saturated carbocycles. The lowest BCUT2D eigenvalue weighted by Gasteiger charge is -2.16. The molecule has 0 saturated heterocycles. The second kappa shape index (κ2) is 4.12. The lowest BCUT2D eigenvalue weighted by atomic mass is 10.2. The highest BCUT2D eigenvalue weighted by Gasteiger charge is 2.31. The van der Waals surface area contributed by atoms with E-state index >= 15 is 0 Å². The molecule has 0 aliphatic carbocycles. The van der Waals surface area contributed by atoms with Crippen LogP contribution in [-0.4, -0.2) is 6.54 Å². The van der Waals surface area contributed by atoms with E-state index in [-0.39, 0.29) is 0 Å². The smallest absolute Gasteiger partial charge is 0.365 e. The lowest BCUT2D eigenvalue weighted by Crippen LogP contribution is -2.19. The van der Waals surface area contributed by atoms with Crippen molar-refractivity contribution in [1.29, 1.82) is 0 Å². The Hall–Kier alpha value is -0.570. The van der Waals surface area contributed by atoms with E-state index in [0.29, 0.717) is 5.92 Å². The fourth-order valence-electron chi connectivity index (χ4n) is 1.24. The molecule has 1 aliphatic rings. The molecular formula is C10H14NO2PS. The van der Waals surface area contributed by atoms with Crippen LogP contribution in [0.25, 0.3) is 0 Å². The Bertz CT molecular complexity index is 379. The molecule has 3 nitrogen and oxygen atoms in total. The summed E-state index contributed by atoms with van der Waals surface area (Å²) in [5.74, 6) is 2.02. The maximum absolute atomic E-state index is 5.64. The fraction of sp³-hybridized carbons (Fsp3) is 0.400. The molecule has 0 fully saturated rings. The molecule has 0 unspecified atom stereocenters. The molecule has 0 bridgehead atoms. The first-order valence-corrected chi connectivity index (χ1v) is 7.56. The highest BCUT2D eigenvalue weighted by molar-refractivity contribution is 8.09. The van der Waals surface area contributed by atoms with Gasteiger partial charge in [0.2, 0.25) is 0 Å². The van der Waals surface area contributed by atoms with Gasteiger partial charge in [-0.2, -0.15) is 0 Å². The fourth-order valence-corrected chi connectivity index (χ4v) is 3.52. The van der Waals surface area contributed by atoms with Crippen LogP contribution in [0.3, 0.4) is 0 Å². The maximum atomic E-state index is 5.64. The third-order valence-electron chi connectivity index (χ3n) is 1.98. The summed E-state index contributed by atoms with van der Waals surface area (Å²) >= 11 is 5.35. The predicted octanol–water partition coefficient (Wildman–Crippen LogP) is 2.93. The van der Waals surface area contributed by atoms with Gasteiger partial charge in [0.1, 0.15) is 0 Å². The highest BCUT2D eigenvalue weighted by atomic mass is 32.5. The number of para-hydroxylation sites is 2. The quantitative estimate of drug-likeness (QED) is 0.827. The van der Waals surface area contributed by atoms with E-state index in [0.717, 1.165) is 18.0 Å². The van der Waals surface area contributed by atoms with E-state index in [2.05, 4.69) is 18.9 Å². The standard InChI is InChI=1S/C10H14NO2PS/c1-8(2)7-11-14(15)12-9-5-3-4-6-10(9)13-14/h3-6,8H,7H2,1-2H3,(H,11,15). The molecule has 1 aromatic rings. The summed E-state index contributed by atoms with van der Waals surface area (Å²) in [5, 5.41) is 3.19. The summed E-state index contributed by atoms with van der Waals surface area (Å²) in [4.78, 5) is 0. The molecule has 0 spiro atoms. The average molecular weight is 243 g/mol. The van der Waals surface area contributed by atoms with Crippen LogP contribution in [0.5, 0.6) is 11.5 Å². The first-order chi connectivity index (χ1) is 7.09. The van der Waals surface area contributed by atoms with Gasteiger partial charge in [-0.25, -0.2) is 5.09 Å². The monoisotopic (exact) mass is 243 g/mol. The molecule has 0 amide bonds. The molecule has 1 N–H and O–H groups in total. The number of benzene rings is 1. The van der Waals surface area contributed by atoms with Crippen molar-refractivity contribution in [1.82, 2.24) is 5.09 Å². The molecule has 15 heavy (non-hydrogen) atoms. The van der Waals surface area contributed by atoms with Gasteiger partial charge in [0, 0.05) is 18.4 Å². The van der Waals surface area contributed by atoms with Crippen molar-refractivity contribution in [3.8, 4) is 11.5 Å². The van der Waals surface area contributed by atoms with Gasteiger partial charge in [0.05, 0.1) is 0 Å². The van der Waals surface area contributed by atoms with Gasteiger partial charge in [0.25, 0.3) is 0 Å². The largest absolute Gasteiger partial charge is 0.421 e. The minimum Gasteiger partial charge on any atom is -0.421 e. The second-order valence-electron chi connectivity index (χ2n) is 3.88. The van der Waals surface area contributed by atoms with E-state index in [1.165, 1.54) is 0 Å². The van der Waals surface area contributed by atoms with Gasteiger partial charge < -0.3 is 9.05 Å². The minimum absolute atomic E-state index is 0.528. The zero-order valence-corrected chi connectivity index (χ0v) is 10.5. The third kappa shape index (κ3) is 2.51. The van der Waals surface area contributed by atoms with Gasteiger partial charge in [0.15, 0.2) is 11.5 Å². The van der Waals surface area contributed by atoms with Crippen molar-refractivity contribution in [2.45, 2.75) is 13.8 Å². The van der Waals surface area contributed by atoms with Crippen LogP contribution in [-0.2, 0) is 11.8 Å². The van der Waals surface area contributed by atoms with Crippen LogP contribution < -0.4 is 14.1 Å². The van der Waals surface area contributed by atoms with Gasteiger partial charge in [-0.05, 0) is 18.1 Å². The lowest BCUT2D eigenvalue weighted by molar-refractivity contribution is 0.525. The third-order valence-corrected chi connectivity index (χ3v) is 4.26. The van der Waals surface area contributed by atoms with Crippen LogP contribution in [0.4, 0.5) is 0 Å². The minimum atomic E-state index is -2.32. The highest BCUT2D eigenvalue weighted by Crippen LogP contribution is 2.55. The summed E-state index contributed by atoms with van der Waals surface area (Å²) in [6.45, 7) is 2.73. The van der Waals surface area contributed by atoms with Crippen molar-refractivity contribution < 1.29 is 9.05 Å². The number of hydrogen-bond donors (Lipinski definition) is 1. The zero-order chi connectivity index (χ0) is 10.9. The molecule has 82 valence electrons. The summed E-state index contributed by atoms with van der Waals surface area (Å²) in [6.07, 6.45) is 0. The Balaban J connectivity index is 2.08. The summed E-state index contributed by atoms with van der Waals surface area (Å²) in [6, 6.07) is 7.58. The predicted molar refractivity (Wildman–Crippen MR) is 64.8 cm³/mol. The van der Waals surface area contributed by atoms with Crippen molar-refractivity contribution in [3.05, 3.63) is 24.3 Å². The van der Waals surface area contributed by atoms with Crippen LogP contribution >= 0.6 is 6.64 Å². The SMILES string of the molecule is CC(C)CNP1(=S)Oc2ccccc2O1. The normalized spacial score (nSPS) is 17.0. The Labute approximate surface area is 95.0 Å². The second-order valence-corrected chi connectivity index (χ2v) is 7.00. The number of hydrogen-bond acceptors (Lipinski definition) is 3. The number of rotatable bonds is 3. The van der Waals surface area contributed by atoms with Crippen LogP contribution in [0.1, 0.15) is 13.8 Å². The molecule has 1 aliphatic heterocycles. The first kappa shape index (κ1) is 10.9. The molecule has 0 atom stereocenters. The van der Waals surface area contributed by atoms with E-state index in [1.54, 1.807) is 0 Å². The van der Waals surface area contributed by atoms with E-state index < -0.39 is 6.64 Å². The molecule has 0 radical (unpaired) electrons. The van der Waals surface area contributed by atoms with E-state index in [9.17, 15) is 0 Å². The average Bonchev–Trinajstić information content (AvgIpc) is 2.52. The number of nitrogens with one attached hydrogen (secondary N) is 1. The molecule has 5 heteroatoms.